The van der Waals surface area contributed by atoms with Gasteiger partial charge in [0.05, 0.1) is 24.1 Å². The van der Waals surface area contributed by atoms with Crippen LogP contribution in [0.15, 0.2) is 60.7 Å². The first kappa shape index (κ1) is 23.2. The number of benzene rings is 3. The number of amides is 1. The Morgan fingerprint density at radius 3 is 2.74 bits per heavy atom. The van der Waals surface area contributed by atoms with E-state index in [9.17, 15) is 14.7 Å². The molecule has 6 nitrogen and oxygen atoms in total. The quantitative estimate of drug-likeness (QED) is 0.483. The van der Waals surface area contributed by atoms with Gasteiger partial charge in [0, 0.05) is 23.1 Å². The van der Waals surface area contributed by atoms with E-state index in [0.29, 0.717) is 29.4 Å². The van der Waals surface area contributed by atoms with Crippen LogP contribution in [0.1, 0.15) is 64.5 Å². The van der Waals surface area contributed by atoms with Gasteiger partial charge in [0.25, 0.3) is 0 Å². The fourth-order valence-corrected chi connectivity index (χ4v) is 5.36. The largest absolute Gasteiger partial charge is 0.497 e. The first-order valence-corrected chi connectivity index (χ1v) is 11.9. The molecule has 0 saturated carbocycles. The molecular weight excluding hydrogens is 466 g/mol. The Morgan fingerprint density at radius 1 is 1.14 bits per heavy atom. The number of aryl methyl sites for hydroxylation is 1. The van der Waals surface area contributed by atoms with E-state index in [1.807, 2.05) is 43.3 Å². The zero-order valence-corrected chi connectivity index (χ0v) is 20.3. The van der Waals surface area contributed by atoms with Gasteiger partial charge in [0.2, 0.25) is 5.91 Å². The Hall–Kier alpha value is -3.51. The number of halogens is 1. The van der Waals surface area contributed by atoms with Crippen molar-refractivity contribution in [3.63, 3.8) is 0 Å². The lowest BCUT2D eigenvalue weighted by Crippen LogP contribution is -2.44. The van der Waals surface area contributed by atoms with Crippen molar-refractivity contribution in [2.45, 2.75) is 43.7 Å². The van der Waals surface area contributed by atoms with Crippen molar-refractivity contribution in [2.75, 3.05) is 7.11 Å². The number of aromatic carboxylic acids is 1. The summed E-state index contributed by atoms with van der Waals surface area (Å²) in [6, 6.07) is 17.7. The Morgan fingerprint density at radius 2 is 1.97 bits per heavy atom. The fourth-order valence-electron chi connectivity index (χ4n) is 5.17. The van der Waals surface area contributed by atoms with Crippen molar-refractivity contribution < 1.29 is 24.2 Å². The Balaban J connectivity index is 1.48. The van der Waals surface area contributed by atoms with E-state index in [-0.39, 0.29) is 17.5 Å². The lowest BCUT2D eigenvalue weighted by molar-refractivity contribution is -0.127. The third-order valence-electron chi connectivity index (χ3n) is 7.18. The third-order valence-corrected chi connectivity index (χ3v) is 7.42. The summed E-state index contributed by atoms with van der Waals surface area (Å²) in [6.07, 6.45) is 1.54. The first-order valence-electron chi connectivity index (χ1n) is 11.6. The van der Waals surface area contributed by atoms with Crippen LogP contribution < -0.4 is 14.8 Å². The Kier molecular flexibility index (Phi) is 5.93. The number of hydrogen-bond donors (Lipinski definition) is 2. The van der Waals surface area contributed by atoms with Gasteiger partial charge < -0.3 is 19.9 Å². The molecule has 1 unspecified atom stereocenters. The van der Waals surface area contributed by atoms with Crippen molar-refractivity contribution in [3.8, 4) is 11.5 Å². The van der Waals surface area contributed by atoms with Gasteiger partial charge in [0.15, 0.2) is 0 Å². The van der Waals surface area contributed by atoms with Crippen LogP contribution in [-0.2, 0) is 16.6 Å². The normalized spacial score (nSPS) is 22.5. The van der Waals surface area contributed by atoms with Crippen LogP contribution in [0, 0.1) is 0 Å². The van der Waals surface area contributed by atoms with E-state index < -0.39 is 17.5 Å². The zero-order valence-electron chi connectivity index (χ0n) is 19.5. The maximum Gasteiger partial charge on any atom is 0.335 e. The summed E-state index contributed by atoms with van der Waals surface area (Å²) < 4.78 is 11.7. The number of carboxylic acid groups (broad SMARTS) is 1. The van der Waals surface area contributed by atoms with E-state index in [1.165, 1.54) is 0 Å². The van der Waals surface area contributed by atoms with Crippen molar-refractivity contribution >= 4 is 23.5 Å². The van der Waals surface area contributed by atoms with Crippen molar-refractivity contribution in [1.82, 2.24) is 5.32 Å². The number of rotatable bonds is 5. The summed E-state index contributed by atoms with van der Waals surface area (Å²) in [4.78, 5) is 25.2. The first-order chi connectivity index (χ1) is 16.8. The van der Waals surface area contributed by atoms with Gasteiger partial charge in [-0.3, -0.25) is 4.79 Å². The highest BCUT2D eigenvalue weighted by atomic mass is 35.5. The molecule has 0 aromatic heterocycles. The van der Waals surface area contributed by atoms with Crippen LogP contribution in [0.3, 0.4) is 0 Å². The summed E-state index contributed by atoms with van der Waals surface area (Å²) in [5.41, 5.74) is 3.25. The van der Waals surface area contributed by atoms with E-state index in [2.05, 4.69) is 5.32 Å². The molecule has 1 amide bonds. The second-order valence-electron chi connectivity index (χ2n) is 9.34. The van der Waals surface area contributed by atoms with E-state index >= 15 is 0 Å². The highest BCUT2D eigenvalue weighted by Crippen LogP contribution is 2.45. The van der Waals surface area contributed by atoms with E-state index in [1.54, 1.807) is 31.4 Å². The van der Waals surface area contributed by atoms with Gasteiger partial charge in [-0.25, -0.2) is 4.79 Å². The van der Waals surface area contributed by atoms with E-state index in [0.717, 1.165) is 28.7 Å². The number of carboxylic acids is 1. The Labute approximate surface area is 208 Å². The van der Waals surface area contributed by atoms with Gasteiger partial charge in [0.1, 0.15) is 17.6 Å². The molecule has 1 aliphatic carbocycles. The van der Waals surface area contributed by atoms with Crippen molar-refractivity contribution in [3.05, 3.63) is 93.5 Å². The summed E-state index contributed by atoms with van der Waals surface area (Å²) in [7, 11) is 1.59. The molecule has 180 valence electrons. The second-order valence-corrected chi connectivity index (χ2v) is 9.77. The average Bonchev–Trinajstić information content (AvgIpc) is 3.20. The number of nitrogens with one attached hydrogen (secondary N) is 1. The standard InChI is InChI=1S/C28H26ClNO5/c1-28(11-10-16-13-19(29)6-9-22(16)28)27(33)30-23-15-24(17-4-3-5-18(12-17)26(31)32)35-25-14-20(34-2)7-8-21(23)25/h3-9,12-14,23-24H,10-11,15H2,1-2H3,(H,30,33)(H,31,32)/t23-,24-,28?/m1/s1. The molecule has 3 aromatic carbocycles. The molecule has 2 aliphatic rings. The molecule has 0 spiro atoms. The van der Waals surface area contributed by atoms with Crippen LogP contribution in [0.2, 0.25) is 5.02 Å². The number of ether oxygens (including phenoxy) is 2. The second kappa shape index (κ2) is 8.93. The average molecular weight is 492 g/mol. The number of fused-ring (bicyclic) bond motifs is 2. The fraction of sp³-hybridized carbons (Fsp3) is 0.286. The Bertz CT molecular complexity index is 1320. The molecule has 5 rings (SSSR count). The highest BCUT2D eigenvalue weighted by molar-refractivity contribution is 6.30. The van der Waals surface area contributed by atoms with E-state index in [4.69, 9.17) is 21.1 Å². The van der Waals surface area contributed by atoms with Gasteiger partial charge >= 0.3 is 5.97 Å². The lowest BCUT2D eigenvalue weighted by atomic mass is 9.82. The molecule has 0 radical (unpaired) electrons. The maximum atomic E-state index is 13.7. The summed E-state index contributed by atoms with van der Waals surface area (Å²) in [6.45, 7) is 1.98. The SMILES string of the molecule is COc1ccc2c(c1)O[C@@H](c1cccc(C(=O)O)c1)C[C@H]2NC(=O)C1(C)CCc2cc(Cl)ccc21. The summed E-state index contributed by atoms with van der Waals surface area (Å²) >= 11 is 6.18. The molecule has 1 heterocycles. The molecule has 1 aliphatic heterocycles. The van der Waals surface area contributed by atoms with Gasteiger partial charge in [-0.2, -0.15) is 0 Å². The highest BCUT2D eigenvalue weighted by Gasteiger charge is 2.43. The minimum atomic E-state index is -0.998. The molecule has 3 atom stereocenters. The van der Waals surface area contributed by atoms with Gasteiger partial charge in [-0.1, -0.05) is 29.8 Å². The zero-order chi connectivity index (χ0) is 24.7. The number of carbonyl (C=O) groups is 2. The molecule has 0 fully saturated rings. The van der Waals surface area contributed by atoms with Gasteiger partial charge in [-0.05, 0) is 72.9 Å². The van der Waals surface area contributed by atoms with Crippen LogP contribution in [0.5, 0.6) is 11.5 Å². The molecule has 0 bridgehead atoms. The van der Waals surface area contributed by atoms with Crippen molar-refractivity contribution in [1.29, 1.82) is 0 Å². The number of hydrogen-bond acceptors (Lipinski definition) is 4. The third kappa shape index (κ3) is 4.23. The molecule has 0 saturated heterocycles. The minimum Gasteiger partial charge on any atom is -0.497 e. The lowest BCUT2D eigenvalue weighted by Gasteiger charge is -2.35. The predicted molar refractivity (Wildman–Crippen MR) is 132 cm³/mol. The maximum absolute atomic E-state index is 13.7. The molecule has 35 heavy (non-hydrogen) atoms. The minimum absolute atomic E-state index is 0.0507. The molecule has 3 aromatic rings. The summed E-state index contributed by atoms with van der Waals surface area (Å²) in [5, 5.41) is 13.4. The number of methoxy groups -OCH3 is 1. The van der Waals surface area contributed by atoms with Crippen LogP contribution in [-0.4, -0.2) is 24.1 Å². The van der Waals surface area contributed by atoms with Gasteiger partial charge in [-0.15, -0.1) is 0 Å². The molecule has 7 heteroatoms. The topological polar surface area (TPSA) is 84.9 Å². The smallest absolute Gasteiger partial charge is 0.335 e. The predicted octanol–water partition coefficient (Wildman–Crippen LogP) is 5.63. The summed E-state index contributed by atoms with van der Waals surface area (Å²) in [5.74, 6) is 0.200. The number of carbonyl (C=O) groups excluding carboxylic acids is 1. The molecule has 2 N–H and O–H groups in total. The van der Waals surface area contributed by atoms with Crippen LogP contribution in [0.25, 0.3) is 0 Å². The van der Waals surface area contributed by atoms with Crippen LogP contribution >= 0.6 is 11.6 Å². The van der Waals surface area contributed by atoms with Crippen molar-refractivity contribution in [2.24, 2.45) is 0 Å². The van der Waals surface area contributed by atoms with Crippen LogP contribution in [0.4, 0.5) is 0 Å². The molecular formula is C28H26ClNO5. The monoisotopic (exact) mass is 491 g/mol.